The molecule has 2 fully saturated rings. The molecular formula is C15H28N2O5. The lowest BCUT2D eigenvalue weighted by atomic mass is 9.84. The molecule has 0 aromatic heterocycles. The van der Waals surface area contributed by atoms with E-state index in [2.05, 4.69) is 17.2 Å². The van der Waals surface area contributed by atoms with Crippen molar-refractivity contribution in [2.75, 3.05) is 6.54 Å². The highest BCUT2D eigenvalue weighted by atomic mass is 16.5. The lowest BCUT2D eigenvalue weighted by Gasteiger charge is -2.38. The van der Waals surface area contributed by atoms with Crippen LogP contribution in [0.2, 0.25) is 0 Å². The Labute approximate surface area is 131 Å². The summed E-state index contributed by atoms with van der Waals surface area (Å²) < 4.78 is 5.47. The SMILES string of the molecule is CCCCCCCCN=C1N[C@@H]2[C@H](O)[C@@H](O)[C@H](O)[C@@H](O)[C@@H]2O1. The summed E-state index contributed by atoms with van der Waals surface area (Å²) in [6.07, 6.45) is 0.958. The predicted octanol–water partition coefficient (Wildman–Crippen LogP) is -0.483. The van der Waals surface area contributed by atoms with E-state index < -0.39 is 36.6 Å². The summed E-state index contributed by atoms with van der Waals surface area (Å²) in [5.74, 6) is 0. The molecule has 7 nitrogen and oxygen atoms in total. The molecule has 1 saturated heterocycles. The number of unbranched alkanes of at least 4 members (excludes halogenated alkanes) is 5. The summed E-state index contributed by atoms with van der Waals surface area (Å²) in [7, 11) is 0. The van der Waals surface area contributed by atoms with Gasteiger partial charge >= 0.3 is 0 Å². The first-order valence-corrected chi connectivity index (χ1v) is 8.26. The van der Waals surface area contributed by atoms with Gasteiger partial charge in [0.05, 0.1) is 6.04 Å². The maximum absolute atomic E-state index is 9.93. The second-order valence-electron chi connectivity index (χ2n) is 6.17. The number of nitrogens with one attached hydrogen (secondary N) is 1. The molecule has 1 aliphatic heterocycles. The second kappa shape index (κ2) is 8.10. The third kappa shape index (κ3) is 3.90. The minimum atomic E-state index is -1.42. The van der Waals surface area contributed by atoms with Crippen LogP contribution in [0.15, 0.2) is 4.99 Å². The highest BCUT2D eigenvalue weighted by Gasteiger charge is 2.53. The van der Waals surface area contributed by atoms with Gasteiger partial charge in [-0.2, -0.15) is 0 Å². The molecule has 7 heteroatoms. The van der Waals surface area contributed by atoms with Crippen molar-refractivity contribution in [1.29, 1.82) is 0 Å². The molecule has 2 rings (SSSR count). The fourth-order valence-electron chi connectivity index (χ4n) is 2.99. The molecule has 0 spiro atoms. The molecule has 1 saturated carbocycles. The van der Waals surface area contributed by atoms with Gasteiger partial charge < -0.3 is 30.5 Å². The van der Waals surface area contributed by atoms with Crippen molar-refractivity contribution < 1.29 is 25.2 Å². The molecule has 0 radical (unpaired) electrons. The summed E-state index contributed by atoms with van der Waals surface area (Å²) in [6, 6.07) is -0.389. The minimum Gasteiger partial charge on any atom is -0.457 e. The predicted molar refractivity (Wildman–Crippen MR) is 81.5 cm³/mol. The van der Waals surface area contributed by atoms with Gasteiger partial charge in [-0.05, 0) is 6.42 Å². The zero-order valence-corrected chi connectivity index (χ0v) is 13.1. The van der Waals surface area contributed by atoms with E-state index in [1.165, 1.54) is 25.7 Å². The maximum atomic E-state index is 9.93. The fraction of sp³-hybridized carbons (Fsp3) is 0.933. The average molecular weight is 316 g/mol. The van der Waals surface area contributed by atoms with E-state index in [0.29, 0.717) is 6.54 Å². The van der Waals surface area contributed by atoms with E-state index in [9.17, 15) is 20.4 Å². The van der Waals surface area contributed by atoms with Gasteiger partial charge in [0.2, 0.25) is 0 Å². The molecule has 1 aliphatic carbocycles. The van der Waals surface area contributed by atoms with E-state index in [1.54, 1.807) is 0 Å². The van der Waals surface area contributed by atoms with E-state index in [1.807, 2.05) is 0 Å². The third-order valence-corrected chi connectivity index (χ3v) is 4.41. The van der Waals surface area contributed by atoms with Crippen molar-refractivity contribution in [1.82, 2.24) is 5.32 Å². The van der Waals surface area contributed by atoms with Crippen LogP contribution in [0.1, 0.15) is 45.4 Å². The number of amidine groups is 1. The Hall–Kier alpha value is -0.890. The fourth-order valence-corrected chi connectivity index (χ4v) is 2.99. The van der Waals surface area contributed by atoms with Crippen molar-refractivity contribution in [3.63, 3.8) is 0 Å². The van der Waals surface area contributed by atoms with Crippen molar-refractivity contribution in [2.45, 2.75) is 82.0 Å². The molecule has 0 amide bonds. The zero-order chi connectivity index (χ0) is 16.1. The van der Waals surface area contributed by atoms with Gasteiger partial charge in [0.1, 0.15) is 24.4 Å². The number of fused-ring (bicyclic) bond motifs is 1. The number of aliphatic hydroxyl groups excluding tert-OH is 4. The number of hydrogen-bond donors (Lipinski definition) is 5. The van der Waals surface area contributed by atoms with Crippen LogP contribution in [-0.4, -0.2) is 69.6 Å². The van der Waals surface area contributed by atoms with Gasteiger partial charge in [0.25, 0.3) is 6.02 Å². The molecule has 1 heterocycles. The van der Waals surface area contributed by atoms with Gasteiger partial charge in [-0.25, -0.2) is 4.99 Å². The first-order chi connectivity index (χ1) is 10.6. The summed E-state index contributed by atoms with van der Waals surface area (Å²) in [5, 5.41) is 42.0. The Balaban J connectivity index is 1.77. The van der Waals surface area contributed by atoms with Crippen LogP contribution in [0.4, 0.5) is 0 Å². The van der Waals surface area contributed by atoms with Gasteiger partial charge in [-0.1, -0.05) is 39.0 Å². The Morgan fingerprint density at radius 2 is 1.55 bits per heavy atom. The normalized spacial score (nSPS) is 39.4. The average Bonchev–Trinajstić information content (AvgIpc) is 2.94. The molecule has 22 heavy (non-hydrogen) atoms. The van der Waals surface area contributed by atoms with Crippen molar-refractivity contribution in [3.8, 4) is 0 Å². The minimum absolute atomic E-state index is 0.267. The smallest absolute Gasteiger partial charge is 0.285 e. The van der Waals surface area contributed by atoms with Crippen LogP contribution in [0.5, 0.6) is 0 Å². The zero-order valence-electron chi connectivity index (χ0n) is 13.1. The maximum Gasteiger partial charge on any atom is 0.285 e. The molecule has 0 aromatic rings. The summed E-state index contributed by atoms with van der Waals surface area (Å²) in [4.78, 5) is 4.28. The molecule has 0 aromatic carbocycles. The van der Waals surface area contributed by atoms with Gasteiger partial charge in [0.15, 0.2) is 6.10 Å². The second-order valence-corrected chi connectivity index (χ2v) is 6.17. The number of hydrogen-bond acceptors (Lipinski definition) is 6. The molecular weight excluding hydrogens is 288 g/mol. The highest BCUT2D eigenvalue weighted by molar-refractivity contribution is 5.76. The Morgan fingerprint density at radius 1 is 0.909 bits per heavy atom. The molecule has 128 valence electrons. The van der Waals surface area contributed by atoms with Crippen LogP contribution in [-0.2, 0) is 4.74 Å². The van der Waals surface area contributed by atoms with Crippen molar-refractivity contribution in [2.24, 2.45) is 4.99 Å². The quantitative estimate of drug-likeness (QED) is 0.405. The van der Waals surface area contributed by atoms with Gasteiger partial charge in [-0.15, -0.1) is 0 Å². The molecule has 5 N–H and O–H groups in total. The number of rotatable bonds is 7. The van der Waals surface area contributed by atoms with Crippen LogP contribution in [0.25, 0.3) is 0 Å². The Morgan fingerprint density at radius 3 is 2.27 bits per heavy atom. The van der Waals surface area contributed by atoms with E-state index >= 15 is 0 Å². The van der Waals surface area contributed by atoms with Crippen molar-refractivity contribution >= 4 is 6.02 Å². The number of aliphatic imine (C=N–C) groups is 1. The molecule has 6 atom stereocenters. The van der Waals surface area contributed by atoms with E-state index in [-0.39, 0.29) is 6.02 Å². The third-order valence-electron chi connectivity index (χ3n) is 4.41. The molecule has 0 unspecified atom stereocenters. The van der Waals surface area contributed by atoms with Crippen LogP contribution >= 0.6 is 0 Å². The summed E-state index contributed by atoms with van der Waals surface area (Å²) in [6.45, 7) is 2.80. The number of ether oxygens (including phenoxy) is 1. The summed E-state index contributed by atoms with van der Waals surface area (Å²) in [5.41, 5.74) is 0. The van der Waals surface area contributed by atoms with E-state index in [0.717, 1.165) is 12.8 Å². The van der Waals surface area contributed by atoms with E-state index in [4.69, 9.17) is 4.74 Å². The first kappa shape index (κ1) is 17.5. The molecule has 2 aliphatic rings. The lowest BCUT2D eigenvalue weighted by molar-refractivity contribution is -0.174. The van der Waals surface area contributed by atoms with Crippen molar-refractivity contribution in [3.05, 3.63) is 0 Å². The monoisotopic (exact) mass is 316 g/mol. The van der Waals surface area contributed by atoms with Crippen LogP contribution < -0.4 is 5.32 Å². The summed E-state index contributed by atoms with van der Waals surface area (Å²) >= 11 is 0. The standard InChI is InChI=1S/C15H28N2O5/c1-2-3-4-5-6-7-8-16-15-17-9-10(18)11(19)12(20)13(21)14(9)22-15/h9-14,18-21H,2-8H2,1H3,(H,16,17)/t9-,10+,11-,12+,13-,14-/m1/s1. The van der Waals surface area contributed by atoms with Crippen LogP contribution in [0, 0.1) is 0 Å². The van der Waals surface area contributed by atoms with Crippen LogP contribution in [0.3, 0.4) is 0 Å². The largest absolute Gasteiger partial charge is 0.457 e. The Bertz CT molecular complexity index is 355. The van der Waals surface area contributed by atoms with Gasteiger partial charge in [-0.3, -0.25) is 0 Å². The lowest BCUT2D eigenvalue weighted by Crippen LogP contribution is -2.64. The molecule has 0 bridgehead atoms. The highest BCUT2D eigenvalue weighted by Crippen LogP contribution is 2.27. The first-order valence-electron chi connectivity index (χ1n) is 8.26. The Kier molecular flexibility index (Phi) is 6.43. The number of aliphatic hydroxyl groups is 4. The number of nitrogens with zero attached hydrogens (tertiary/aromatic N) is 1. The van der Waals surface area contributed by atoms with Gasteiger partial charge in [0, 0.05) is 6.54 Å². The topological polar surface area (TPSA) is 115 Å².